The third kappa shape index (κ3) is 2.50. The van der Waals surface area contributed by atoms with Crippen molar-refractivity contribution in [3.05, 3.63) is 54.3 Å². The monoisotopic (exact) mass is 295 g/mol. The average Bonchev–Trinajstić information content (AvgIpc) is 3.11. The maximum Gasteiger partial charge on any atom is 0.287 e. The fourth-order valence-corrected chi connectivity index (χ4v) is 2.68. The summed E-state index contributed by atoms with van der Waals surface area (Å²) in [4.78, 5) is 16.5. The molecule has 0 saturated heterocycles. The molecule has 0 atom stereocenters. The van der Waals surface area contributed by atoms with Crippen molar-refractivity contribution in [3.63, 3.8) is 0 Å². The van der Waals surface area contributed by atoms with E-state index in [1.165, 1.54) is 12.8 Å². The van der Waals surface area contributed by atoms with Crippen molar-refractivity contribution in [2.24, 2.45) is 0 Å². The van der Waals surface area contributed by atoms with Gasteiger partial charge in [-0.15, -0.1) is 0 Å². The van der Waals surface area contributed by atoms with E-state index in [1.54, 1.807) is 6.07 Å². The topological polar surface area (TPSA) is 60.1 Å². The number of nitrogens with one attached hydrogen (secondary N) is 1. The van der Waals surface area contributed by atoms with E-state index in [0.717, 1.165) is 23.3 Å². The van der Waals surface area contributed by atoms with Crippen LogP contribution in [0.4, 0.5) is 0 Å². The molecule has 2 heterocycles. The lowest BCUT2D eigenvalue weighted by atomic mass is 10.2. The molecule has 1 N–H and O–H groups in total. The van der Waals surface area contributed by atoms with Gasteiger partial charge >= 0.3 is 0 Å². The first-order chi connectivity index (χ1) is 10.8. The molecule has 0 aliphatic heterocycles. The van der Waals surface area contributed by atoms with Gasteiger partial charge in [-0.1, -0.05) is 18.2 Å². The van der Waals surface area contributed by atoms with Crippen molar-refractivity contribution in [1.82, 2.24) is 14.9 Å². The van der Waals surface area contributed by atoms with Crippen LogP contribution in [0.2, 0.25) is 0 Å². The van der Waals surface area contributed by atoms with Crippen LogP contribution in [0.15, 0.2) is 47.1 Å². The van der Waals surface area contributed by atoms with Gasteiger partial charge < -0.3 is 14.3 Å². The zero-order valence-corrected chi connectivity index (χ0v) is 12.2. The number of nitrogens with zero attached hydrogens (tertiary/aromatic N) is 2. The Labute approximate surface area is 127 Å². The second-order valence-electron chi connectivity index (χ2n) is 5.66. The van der Waals surface area contributed by atoms with Crippen molar-refractivity contribution in [2.75, 3.05) is 6.54 Å². The first-order valence-electron chi connectivity index (χ1n) is 7.59. The van der Waals surface area contributed by atoms with Gasteiger partial charge in [0.25, 0.3) is 5.91 Å². The molecule has 1 saturated carbocycles. The normalized spacial score (nSPS) is 14.4. The van der Waals surface area contributed by atoms with E-state index in [4.69, 9.17) is 4.42 Å². The minimum absolute atomic E-state index is 0.177. The number of carbonyl (C=O) groups is 1. The maximum atomic E-state index is 12.1. The second kappa shape index (κ2) is 5.33. The molecule has 2 aromatic heterocycles. The quantitative estimate of drug-likeness (QED) is 0.787. The predicted molar refractivity (Wildman–Crippen MR) is 82.7 cm³/mol. The van der Waals surface area contributed by atoms with Gasteiger partial charge in [-0.05, 0) is 25.0 Å². The van der Waals surface area contributed by atoms with Gasteiger partial charge in [0.1, 0.15) is 11.4 Å². The summed E-state index contributed by atoms with van der Waals surface area (Å²) in [6.45, 7) is 1.30. The Kier molecular flexibility index (Phi) is 3.18. The summed E-state index contributed by atoms with van der Waals surface area (Å²) in [5, 5.41) is 3.85. The molecule has 22 heavy (non-hydrogen) atoms. The molecule has 5 heteroatoms. The number of para-hydroxylation sites is 1. The van der Waals surface area contributed by atoms with E-state index in [1.807, 2.05) is 36.7 Å². The Morgan fingerprint density at radius 3 is 3.05 bits per heavy atom. The number of hydrogen-bond donors (Lipinski definition) is 1. The number of amides is 1. The SMILES string of the molecule is O=C(NCCn1ccnc1C1CC1)c1cc2ccccc2o1. The molecule has 1 aromatic carbocycles. The molecule has 1 aliphatic rings. The molecule has 0 radical (unpaired) electrons. The van der Waals surface area contributed by atoms with E-state index >= 15 is 0 Å². The number of aromatic nitrogens is 2. The Hall–Kier alpha value is -2.56. The summed E-state index contributed by atoms with van der Waals surface area (Å²) < 4.78 is 7.68. The maximum absolute atomic E-state index is 12.1. The van der Waals surface area contributed by atoms with Crippen LogP contribution < -0.4 is 5.32 Å². The lowest BCUT2D eigenvalue weighted by molar-refractivity contribution is 0.0926. The van der Waals surface area contributed by atoms with E-state index in [-0.39, 0.29) is 5.91 Å². The lowest BCUT2D eigenvalue weighted by Gasteiger charge is -2.07. The molecule has 1 fully saturated rings. The minimum atomic E-state index is -0.177. The number of benzene rings is 1. The third-order valence-corrected chi connectivity index (χ3v) is 3.98. The van der Waals surface area contributed by atoms with Crippen LogP contribution in [0.5, 0.6) is 0 Å². The van der Waals surface area contributed by atoms with Crippen LogP contribution in [-0.4, -0.2) is 22.0 Å². The highest BCUT2D eigenvalue weighted by Gasteiger charge is 2.27. The average molecular weight is 295 g/mol. The zero-order chi connectivity index (χ0) is 14.9. The first kappa shape index (κ1) is 13.1. The summed E-state index contributed by atoms with van der Waals surface area (Å²) in [6, 6.07) is 9.39. The highest BCUT2D eigenvalue weighted by Crippen LogP contribution is 2.38. The van der Waals surface area contributed by atoms with Crippen molar-refractivity contribution >= 4 is 16.9 Å². The predicted octanol–water partition coefficient (Wildman–Crippen LogP) is 2.94. The summed E-state index contributed by atoms with van der Waals surface area (Å²) in [7, 11) is 0. The van der Waals surface area contributed by atoms with E-state index < -0.39 is 0 Å². The molecular weight excluding hydrogens is 278 g/mol. The Bertz CT molecular complexity index is 781. The third-order valence-electron chi connectivity index (χ3n) is 3.98. The lowest BCUT2D eigenvalue weighted by Crippen LogP contribution is -2.27. The van der Waals surface area contributed by atoms with E-state index in [2.05, 4.69) is 14.9 Å². The van der Waals surface area contributed by atoms with Crippen LogP contribution >= 0.6 is 0 Å². The molecule has 0 spiro atoms. The molecule has 0 unspecified atom stereocenters. The van der Waals surface area contributed by atoms with Crippen molar-refractivity contribution in [3.8, 4) is 0 Å². The zero-order valence-electron chi connectivity index (χ0n) is 12.2. The summed E-state index contributed by atoms with van der Waals surface area (Å²) in [5.41, 5.74) is 0.735. The van der Waals surface area contributed by atoms with Gasteiger partial charge in [0.15, 0.2) is 5.76 Å². The van der Waals surface area contributed by atoms with Crippen LogP contribution in [0, 0.1) is 0 Å². The fourth-order valence-electron chi connectivity index (χ4n) is 2.68. The van der Waals surface area contributed by atoms with E-state index in [0.29, 0.717) is 18.2 Å². The van der Waals surface area contributed by atoms with Crippen molar-refractivity contribution in [2.45, 2.75) is 25.3 Å². The van der Waals surface area contributed by atoms with Gasteiger partial charge in [-0.2, -0.15) is 0 Å². The Morgan fingerprint density at radius 1 is 1.36 bits per heavy atom. The number of furan rings is 1. The summed E-state index contributed by atoms with van der Waals surface area (Å²) in [5.74, 6) is 1.93. The molecule has 0 bridgehead atoms. The fraction of sp³-hybridized carbons (Fsp3) is 0.294. The largest absolute Gasteiger partial charge is 0.451 e. The number of rotatable bonds is 5. The van der Waals surface area contributed by atoms with Gasteiger partial charge in [-0.3, -0.25) is 4.79 Å². The van der Waals surface area contributed by atoms with Crippen LogP contribution in [0.3, 0.4) is 0 Å². The van der Waals surface area contributed by atoms with Crippen LogP contribution in [-0.2, 0) is 6.54 Å². The van der Waals surface area contributed by atoms with Crippen LogP contribution in [0.1, 0.15) is 35.1 Å². The second-order valence-corrected chi connectivity index (χ2v) is 5.66. The number of carbonyl (C=O) groups excluding carboxylic acids is 1. The van der Waals surface area contributed by atoms with E-state index in [9.17, 15) is 4.79 Å². The molecule has 1 aliphatic carbocycles. The van der Waals surface area contributed by atoms with Crippen molar-refractivity contribution < 1.29 is 9.21 Å². The van der Waals surface area contributed by atoms with Gasteiger partial charge in [0.2, 0.25) is 0 Å². The first-order valence-corrected chi connectivity index (χ1v) is 7.59. The van der Waals surface area contributed by atoms with Gasteiger partial charge in [0.05, 0.1) is 0 Å². The highest BCUT2D eigenvalue weighted by molar-refractivity contribution is 5.95. The van der Waals surface area contributed by atoms with Gasteiger partial charge in [0, 0.05) is 36.8 Å². The molecule has 4 rings (SSSR count). The molecular formula is C17H17N3O2. The smallest absolute Gasteiger partial charge is 0.287 e. The molecule has 3 aromatic rings. The number of hydrogen-bond acceptors (Lipinski definition) is 3. The summed E-state index contributed by atoms with van der Waals surface area (Å²) in [6.07, 6.45) is 6.25. The molecule has 112 valence electrons. The summed E-state index contributed by atoms with van der Waals surface area (Å²) >= 11 is 0. The molecule has 5 nitrogen and oxygen atoms in total. The Balaban J connectivity index is 1.38. The van der Waals surface area contributed by atoms with Crippen LogP contribution in [0.25, 0.3) is 11.0 Å². The number of imidazole rings is 1. The minimum Gasteiger partial charge on any atom is -0.451 e. The highest BCUT2D eigenvalue weighted by atomic mass is 16.3. The standard InChI is InChI=1S/C17H17N3O2/c21-17(15-11-13-3-1-2-4-14(13)22-15)19-8-10-20-9-7-18-16(20)12-5-6-12/h1-4,7,9,11-12H,5-6,8,10H2,(H,19,21). The van der Waals surface area contributed by atoms with Crippen molar-refractivity contribution in [1.29, 1.82) is 0 Å². The molecule has 1 amide bonds. The van der Waals surface area contributed by atoms with Gasteiger partial charge in [-0.25, -0.2) is 4.98 Å². The number of fused-ring (bicyclic) bond motifs is 1. The Morgan fingerprint density at radius 2 is 2.23 bits per heavy atom.